The molecule has 10 heteroatoms. The van der Waals surface area contributed by atoms with Crippen molar-refractivity contribution < 1.29 is 36.6 Å². The van der Waals surface area contributed by atoms with E-state index in [4.69, 9.17) is 9.90 Å². The lowest BCUT2D eigenvalue weighted by molar-refractivity contribution is -0.192. The predicted octanol–water partition coefficient (Wildman–Crippen LogP) is 4.38. The molecule has 0 bridgehead atoms. The Bertz CT molecular complexity index is 876. The predicted molar refractivity (Wildman–Crippen MR) is 100 cm³/mol. The van der Waals surface area contributed by atoms with Gasteiger partial charge in [-0.2, -0.15) is 13.2 Å². The zero-order valence-corrected chi connectivity index (χ0v) is 15.7. The fourth-order valence-corrected chi connectivity index (χ4v) is 2.87. The Morgan fingerprint density at radius 2 is 1.50 bits per heavy atom. The summed E-state index contributed by atoms with van der Waals surface area (Å²) in [5.41, 5.74) is 1.42. The van der Waals surface area contributed by atoms with Crippen LogP contribution in [0.5, 0.6) is 0 Å². The van der Waals surface area contributed by atoms with E-state index < -0.39 is 29.7 Å². The molecule has 0 atom stereocenters. The molecular weight excluding hydrogens is 411 g/mol. The quantitative estimate of drug-likeness (QED) is 0.707. The van der Waals surface area contributed by atoms with Crippen molar-refractivity contribution in [2.45, 2.75) is 25.4 Å². The molecule has 2 aromatic carbocycles. The summed E-state index contributed by atoms with van der Waals surface area (Å²) in [5, 5.41) is 9.90. The van der Waals surface area contributed by atoms with Crippen molar-refractivity contribution in [1.82, 2.24) is 0 Å². The third-order valence-electron chi connectivity index (χ3n) is 4.27. The Kier molecular flexibility index (Phi) is 7.73. The number of carbonyl (C=O) groups excluding carboxylic acids is 1. The van der Waals surface area contributed by atoms with Crippen molar-refractivity contribution in [1.29, 1.82) is 0 Å². The number of nitrogens with one attached hydrogen (secondary N) is 1. The normalized spacial score (nSPS) is 13.4. The van der Waals surface area contributed by atoms with Crippen molar-refractivity contribution in [2.24, 2.45) is 0 Å². The first-order valence-corrected chi connectivity index (χ1v) is 8.96. The Balaban J connectivity index is 0.000000396. The minimum atomic E-state index is -5.08. The van der Waals surface area contributed by atoms with E-state index in [-0.39, 0.29) is 12.0 Å². The SMILES string of the molecule is O=C(Cc1c(F)cccc1F)Nc1ccccc1N1CCCC1.O=C(O)C(F)(F)F. The smallest absolute Gasteiger partial charge is 0.475 e. The summed E-state index contributed by atoms with van der Waals surface area (Å²) in [7, 11) is 0. The molecular formula is C20H19F5N2O3. The number of aliphatic carboxylic acids is 1. The summed E-state index contributed by atoms with van der Waals surface area (Å²) in [6.07, 6.45) is -3.15. The number of hydrogen-bond acceptors (Lipinski definition) is 3. The van der Waals surface area contributed by atoms with Crippen LogP contribution in [-0.4, -0.2) is 36.2 Å². The number of carboxylic acid groups (broad SMARTS) is 1. The Labute approximate surface area is 169 Å². The third kappa shape index (κ3) is 6.43. The fourth-order valence-electron chi connectivity index (χ4n) is 2.87. The number of carbonyl (C=O) groups is 2. The van der Waals surface area contributed by atoms with Gasteiger partial charge in [0.2, 0.25) is 5.91 Å². The molecule has 1 fully saturated rings. The zero-order chi connectivity index (χ0) is 22.3. The first-order chi connectivity index (χ1) is 14.1. The highest BCUT2D eigenvalue weighted by atomic mass is 19.4. The number of hydrogen-bond donors (Lipinski definition) is 2. The van der Waals surface area contributed by atoms with E-state index in [0.717, 1.165) is 43.8 Å². The molecule has 30 heavy (non-hydrogen) atoms. The highest BCUT2D eigenvalue weighted by molar-refractivity contribution is 5.95. The van der Waals surface area contributed by atoms with Crippen LogP contribution >= 0.6 is 0 Å². The van der Waals surface area contributed by atoms with E-state index in [1.54, 1.807) is 0 Å². The van der Waals surface area contributed by atoms with Crippen LogP contribution in [0, 0.1) is 11.6 Å². The van der Waals surface area contributed by atoms with Gasteiger partial charge in [-0.05, 0) is 37.1 Å². The Morgan fingerprint density at radius 1 is 0.967 bits per heavy atom. The van der Waals surface area contributed by atoms with E-state index in [2.05, 4.69) is 10.2 Å². The summed E-state index contributed by atoms with van der Waals surface area (Å²) in [5.74, 6) is -4.59. The maximum atomic E-state index is 13.6. The maximum Gasteiger partial charge on any atom is 0.490 e. The van der Waals surface area contributed by atoms with Gasteiger partial charge in [-0.1, -0.05) is 18.2 Å². The number of alkyl halides is 3. The molecule has 0 saturated carbocycles. The van der Waals surface area contributed by atoms with Gasteiger partial charge in [0.25, 0.3) is 0 Å². The molecule has 0 aromatic heterocycles. The van der Waals surface area contributed by atoms with Gasteiger partial charge in [0, 0.05) is 18.7 Å². The van der Waals surface area contributed by atoms with Crippen LogP contribution < -0.4 is 10.2 Å². The molecule has 0 unspecified atom stereocenters. The van der Waals surface area contributed by atoms with Crippen molar-refractivity contribution in [3.05, 3.63) is 59.7 Å². The molecule has 2 aromatic rings. The summed E-state index contributed by atoms with van der Waals surface area (Å²) in [6, 6.07) is 11.1. The number of amides is 1. The lowest BCUT2D eigenvalue weighted by Crippen LogP contribution is -2.22. The van der Waals surface area contributed by atoms with Crippen LogP contribution in [0.25, 0.3) is 0 Å². The average molecular weight is 430 g/mol. The minimum absolute atomic E-state index is 0.205. The molecule has 1 heterocycles. The highest BCUT2D eigenvalue weighted by Gasteiger charge is 2.38. The monoisotopic (exact) mass is 430 g/mol. The second-order valence-corrected chi connectivity index (χ2v) is 6.44. The molecule has 3 rings (SSSR count). The Hall–Kier alpha value is -3.17. The molecule has 1 saturated heterocycles. The zero-order valence-electron chi connectivity index (χ0n) is 15.7. The van der Waals surface area contributed by atoms with Gasteiger partial charge in [-0.15, -0.1) is 0 Å². The van der Waals surface area contributed by atoms with Crippen molar-refractivity contribution >= 4 is 23.3 Å². The number of benzene rings is 2. The van der Waals surface area contributed by atoms with Crippen molar-refractivity contribution in [3.8, 4) is 0 Å². The molecule has 0 aliphatic carbocycles. The summed E-state index contributed by atoms with van der Waals surface area (Å²) < 4.78 is 59.0. The Morgan fingerprint density at radius 3 is 2.03 bits per heavy atom. The van der Waals surface area contributed by atoms with Crippen LogP contribution in [0.4, 0.5) is 33.3 Å². The van der Waals surface area contributed by atoms with Gasteiger partial charge >= 0.3 is 12.1 Å². The van der Waals surface area contributed by atoms with Crippen molar-refractivity contribution in [2.75, 3.05) is 23.3 Å². The number of anilines is 2. The van der Waals surface area contributed by atoms with Gasteiger partial charge in [-0.25, -0.2) is 13.6 Å². The largest absolute Gasteiger partial charge is 0.490 e. The van der Waals surface area contributed by atoms with E-state index in [1.807, 2.05) is 24.3 Å². The lowest BCUT2D eigenvalue weighted by atomic mass is 10.1. The van der Waals surface area contributed by atoms with Gasteiger partial charge in [0.15, 0.2) is 0 Å². The lowest BCUT2D eigenvalue weighted by Gasteiger charge is -2.21. The molecule has 1 aliphatic rings. The standard InChI is InChI=1S/C18H18F2N2O.C2HF3O2/c19-14-6-5-7-15(20)13(14)12-18(23)21-16-8-1-2-9-17(16)22-10-3-4-11-22;3-2(4,5)1(6)7/h1-2,5-9H,3-4,10-12H2,(H,21,23);(H,6,7). The van der Waals surface area contributed by atoms with Crippen molar-refractivity contribution in [3.63, 3.8) is 0 Å². The van der Waals surface area contributed by atoms with Gasteiger partial charge in [0.05, 0.1) is 17.8 Å². The molecule has 0 radical (unpaired) electrons. The van der Waals surface area contributed by atoms with Crippen LogP contribution in [0.15, 0.2) is 42.5 Å². The van der Waals surface area contributed by atoms with E-state index in [9.17, 15) is 26.7 Å². The van der Waals surface area contributed by atoms with E-state index in [0.29, 0.717) is 5.69 Å². The summed E-state index contributed by atoms with van der Waals surface area (Å²) in [6.45, 7) is 1.91. The van der Waals surface area contributed by atoms with Gasteiger partial charge in [-0.3, -0.25) is 4.79 Å². The summed E-state index contributed by atoms with van der Waals surface area (Å²) in [4.78, 5) is 23.3. The minimum Gasteiger partial charge on any atom is -0.475 e. The van der Waals surface area contributed by atoms with Crippen LogP contribution in [0.2, 0.25) is 0 Å². The first-order valence-electron chi connectivity index (χ1n) is 8.96. The molecule has 162 valence electrons. The molecule has 2 N–H and O–H groups in total. The van der Waals surface area contributed by atoms with E-state index >= 15 is 0 Å². The topological polar surface area (TPSA) is 69.6 Å². The van der Waals surface area contributed by atoms with E-state index in [1.165, 1.54) is 6.07 Å². The van der Waals surface area contributed by atoms with Crippen LogP contribution in [0.1, 0.15) is 18.4 Å². The van der Waals surface area contributed by atoms with Crippen LogP contribution in [0.3, 0.4) is 0 Å². The summed E-state index contributed by atoms with van der Waals surface area (Å²) >= 11 is 0. The van der Waals surface area contributed by atoms with Crippen LogP contribution in [-0.2, 0) is 16.0 Å². The second kappa shape index (κ2) is 10.0. The number of halogens is 5. The second-order valence-electron chi connectivity index (χ2n) is 6.44. The van der Waals surface area contributed by atoms with Gasteiger partial charge in [0.1, 0.15) is 11.6 Å². The number of rotatable bonds is 4. The molecule has 5 nitrogen and oxygen atoms in total. The average Bonchev–Trinajstić information content (AvgIpc) is 3.19. The molecule has 1 amide bonds. The molecule has 1 aliphatic heterocycles. The molecule has 0 spiro atoms. The number of carboxylic acids is 1. The fraction of sp³-hybridized carbons (Fsp3) is 0.300. The van der Waals surface area contributed by atoms with Gasteiger partial charge < -0.3 is 15.3 Å². The third-order valence-corrected chi connectivity index (χ3v) is 4.27. The maximum absolute atomic E-state index is 13.6. The first kappa shape index (κ1) is 23.1. The number of nitrogens with zero attached hydrogens (tertiary/aromatic N) is 1. The highest BCUT2D eigenvalue weighted by Crippen LogP contribution is 2.28. The number of para-hydroxylation sites is 2.